The molecule has 0 aliphatic heterocycles. The topological polar surface area (TPSA) is 70.1 Å². The molecular weight excluding hydrogens is 431 g/mol. The van der Waals surface area contributed by atoms with Crippen LogP contribution < -0.4 is 3.11 Å². The van der Waals surface area contributed by atoms with Gasteiger partial charge in [-0.05, 0) is 12.1 Å². The third kappa shape index (κ3) is 7.89. The first-order valence-electron chi connectivity index (χ1n) is 7.06. The number of benzene rings is 1. The van der Waals surface area contributed by atoms with Gasteiger partial charge in [-0.15, -0.1) is 11.8 Å². The predicted octanol–water partition coefficient (Wildman–Crippen LogP) is 2.51. The van der Waals surface area contributed by atoms with Gasteiger partial charge in [0, 0.05) is 31.2 Å². The van der Waals surface area contributed by atoms with Gasteiger partial charge in [0.1, 0.15) is 6.61 Å². The van der Waals surface area contributed by atoms with Crippen LogP contribution in [0.25, 0.3) is 0 Å². The van der Waals surface area contributed by atoms with Crippen LogP contribution in [0.3, 0.4) is 0 Å². The van der Waals surface area contributed by atoms with E-state index >= 15 is 0 Å². The predicted molar refractivity (Wildman–Crippen MR) is 100 cm³/mol. The molecule has 1 aromatic rings. The van der Waals surface area contributed by atoms with E-state index in [0.717, 1.165) is 10.6 Å². The van der Waals surface area contributed by atoms with Crippen LogP contribution in [0.15, 0.2) is 29.2 Å². The minimum atomic E-state index is -0.966. The molecule has 1 aromatic carbocycles. The number of hydrogen-bond donors (Lipinski definition) is 1. The number of thioether (sulfide) groups is 1. The van der Waals surface area contributed by atoms with Crippen LogP contribution in [0.1, 0.15) is 6.42 Å². The Morgan fingerprint density at radius 1 is 1.30 bits per heavy atom. The summed E-state index contributed by atoms with van der Waals surface area (Å²) in [7, 11) is 3.51. The summed E-state index contributed by atoms with van der Waals surface area (Å²) in [6.45, 7) is 0.642. The van der Waals surface area contributed by atoms with Crippen LogP contribution in [0.5, 0.6) is 0 Å². The summed E-state index contributed by atoms with van der Waals surface area (Å²) in [5.74, 6) is -0.136. The van der Waals surface area contributed by atoms with Crippen molar-refractivity contribution >= 4 is 52.2 Å². The highest BCUT2D eigenvalue weighted by Crippen LogP contribution is 2.32. The largest absolute Gasteiger partial charge is 0.480 e. The Morgan fingerprint density at radius 3 is 2.65 bits per heavy atom. The summed E-state index contributed by atoms with van der Waals surface area (Å²) < 4.78 is 7.06. The highest BCUT2D eigenvalue weighted by molar-refractivity contribution is 14.1. The Labute approximate surface area is 154 Å². The van der Waals surface area contributed by atoms with Crippen molar-refractivity contribution < 1.29 is 19.4 Å². The molecule has 1 N–H and O–H groups in total. The van der Waals surface area contributed by atoms with Crippen LogP contribution in [0.4, 0.5) is 5.69 Å². The number of aliphatic carboxylic acids is 1. The van der Waals surface area contributed by atoms with Gasteiger partial charge in [0.15, 0.2) is 0 Å². The van der Waals surface area contributed by atoms with Crippen molar-refractivity contribution in [2.75, 3.05) is 42.7 Å². The zero-order valence-electron chi connectivity index (χ0n) is 13.2. The summed E-state index contributed by atoms with van der Waals surface area (Å²) in [6.07, 6.45) is 0.495. The third-order valence-electron chi connectivity index (χ3n) is 2.86. The number of halogens is 1. The normalized spacial score (nSPS) is 10.4. The van der Waals surface area contributed by atoms with E-state index in [2.05, 4.69) is 22.9 Å². The number of carboxylic acids is 1. The lowest BCUT2D eigenvalue weighted by molar-refractivity contribution is -0.142. The molecule has 6 nitrogen and oxygen atoms in total. The lowest BCUT2D eigenvalue weighted by atomic mass is 10.3. The van der Waals surface area contributed by atoms with Crippen LogP contribution in [0, 0.1) is 0 Å². The molecule has 0 heterocycles. The van der Waals surface area contributed by atoms with E-state index in [9.17, 15) is 9.59 Å². The molecule has 128 valence electrons. The minimum Gasteiger partial charge on any atom is -0.480 e. The molecule has 8 heteroatoms. The van der Waals surface area contributed by atoms with Gasteiger partial charge in [-0.2, -0.15) is 0 Å². The fourth-order valence-electron chi connectivity index (χ4n) is 1.68. The first-order valence-corrected chi connectivity index (χ1v) is 9.01. The molecule has 1 rings (SSSR count). The number of para-hydroxylation sites is 1. The molecule has 0 saturated carbocycles. The molecule has 0 radical (unpaired) electrons. The van der Waals surface area contributed by atoms with Crippen molar-refractivity contribution in [2.45, 2.75) is 11.3 Å². The molecule has 0 atom stereocenters. The molecular formula is C15H21IN2O4S. The van der Waals surface area contributed by atoms with Gasteiger partial charge >= 0.3 is 5.97 Å². The number of hydrogen-bond acceptors (Lipinski definition) is 5. The van der Waals surface area contributed by atoms with Gasteiger partial charge in [-0.25, -0.2) is 4.79 Å². The fraction of sp³-hybridized carbons (Fsp3) is 0.467. The van der Waals surface area contributed by atoms with Gasteiger partial charge < -0.3 is 17.9 Å². The average Bonchev–Trinajstić information content (AvgIpc) is 2.51. The van der Waals surface area contributed by atoms with E-state index in [1.165, 1.54) is 0 Å². The Hall–Kier alpha value is -1.00. The summed E-state index contributed by atoms with van der Waals surface area (Å²) in [5, 5.41) is 8.55. The first kappa shape index (κ1) is 20.0. The number of carbonyl (C=O) groups excluding carboxylic acids is 1. The lowest BCUT2D eigenvalue weighted by Crippen LogP contribution is -2.22. The molecule has 0 bridgehead atoms. The van der Waals surface area contributed by atoms with Crippen molar-refractivity contribution in [3.63, 3.8) is 0 Å². The van der Waals surface area contributed by atoms with Gasteiger partial charge in [0.2, 0.25) is 5.91 Å². The Kier molecular flexibility index (Phi) is 9.34. The summed E-state index contributed by atoms with van der Waals surface area (Å²) in [4.78, 5) is 24.7. The molecule has 0 aromatic heterocycles. The minimum absolute atomic E-state index is 0.114. The highest BCUT2D eigenvalue weighted by atomic mass is 127. The number of carboxylic acid groups (broad SMARTS) is 1. The smallest absolute Gasteiger partial charge is 0.329 e. The van der Waals surface area contributed by atoms with Gasteiger partial charge in [0.25, 0.3) is 0 Å². The van der Waals surface area contributed by atoms with E-state index in [1.54, 1.807) is 30.8 Å². The molecule has 0 fully saturated rings. The Balaban J connectivity index is 2.52. The second-order valence-electron chi connectivity index (χ2n) is 4.89. The Morgan fingerprint density at radius 2 is 2.00 bits per heavy atom. The molecule has 0 aliphatic rings. The standard InChI is InChI=1S/C15H21IN2O4S/c1-17(2)14(19)7-10-23-13-6-4-3-5-12(13)18(16)8-9-22-11-15(20)21/h3-6H,7-11H2,1-2H3,(H,20,21). The SMILES string of the molecule is CN(C)C(=O)CCSc1ccccc1N(I)CCOCC(=O)O. The highest BCUT2D eigenvalue weighted by Gasteiger charge is 2.10. The number of nitrogens with zero attached hydrogens (tertiary/aromatic N) is 2. The van der Waals surface area contributed by atoms with Crippen molar-refractivity contribution in [1.29, 1.82) is 0 Å². The molecule has 0 unspecified atom stereocenters. The maximum Gasteiger partial charge on any atom is 0.329 e. The van der Waals surface area contributed by atoms with Crippen molar-refractivity contribution in [2.24, 2.45) is 0 Å². The maximum absolute atomic E-state index is 11.6. The molecule has 1 amide bonds. The van der Waals surface area contributed by atoms with Crippen LogP contribution in [-0.4, -0.2) is 61.5 Å². The summed E-state index contributed by atoms with van der Waals surface area (Å²) in [6, 6.07) is 7.93. The van der Waals surface area contributed by atoms with Crippen molar-refractivity contribution in [1.82, 2.24) is 4.90 Å². The van der Waals surface area contributed by atoms with Gasteiger partial charge in [-0.1, -0.05) is 12.1 Å². The lowest BCUT2D eigenvalue weighted by Gasteiger charge is -2.19. The van der Waals surface area contributed by atoms with Crippen LogP contribution in [0.2, 0.25) is 0 Å². The maximum atomic E-state index is 11.6. The number of carbonyl (C=O) groups is 2. The Bertz CT molecular complexity index is 528. The number of anilines is 1. The van der Waals surface area contributed by atoms with E-state index in [1.807, 2.05) is 27.4 Å². The molecule has 0 spiro atoms. The fourth-order valence-corrected chi connectivity index (χ4v) is 3.46. The quantitative estimate of drug-likeness (QED) is 0.255. The van der Waals surface area contributed by atoms with Crippen molar-refractivity contribution in [3.05, 3.63) is 24.3 Å². The molecule has 0 aliphatic carbocycles. The van der Waals surface area contributed by atoms with Crippen LogP contribution in [-0.2, 0) is 14.3 Å². The van der Waals surface area contributed by atoms with E-state index in [-0.39, 0.29) is 12.5 Å². The van der Waals surface area contributed by atoms with E-state index in [0.29, 0.717) is 25.3 Å². The number of ether oxygens (including phenoxy) is 1. The van der Waals surface area contributed by atoms with Gasteiger partial charge in [0.05, 0.1) is 41.7 Å². The first-order chi connectivity index (χ1) is 10.9. The summed E-state index contributed by atoms with van der Waals surface area (Å²) in [5.41, 5.74) is 1.04. The monoisotopic (exact) mass is 452 g/mol. The zero-order valence-corrected chi connectivity index (χ0v) is 16.2. The second kappa shape index (κ2) is 10.7. The zero-order chi connectivity index (χ0) is 17.2. The van der Waals surface area contributed by atoms with Gasteiger partial charge in [-0.3, -0.25) is 4.79 Å². The second-order valence-corrected chi connectivity index (χ2v) is 7.19. The average molecular weight is 452 g/mol. The van der Waals surface area contributed by atoms with E-state index < -0.39 is 5.97 Å². The molecule has 0 saturated heterocycles. The number of rotatable bonds is 10. The third-order valence-corrected chi connectivity index (χ3v) is 4.92. The van der Waals surface area contributed by atoms with Crippen LogP contribution >= 0.6 is 34.6 Å². The summed E-state index contributed by atoms with van der Waals surface area (Å²) >= 11 is 3.82. The van der Waals surface area contributed by atoms with Crippen molar-refractivity contribution in [3.8, 4) is 0 Å². The van der Waals surface area contributed by atoms with E-state index in [4.69, 9.17) is 9.84 Å². The number of amides is 1. The molecule has 23 heavy (non-hydrogen) atoms.